The predicted octanol–water partition coefficient (Wildman–Crippen LogP) is 13.5. The van der Waals surface area contributed by atoms with E-state index < -0.39 is 199 Å². The lowest BCUT2D eigenvalue weighted by Gasteiger charge is -2.27. The van der Waals surface area contributed by atoms with Crippen molar-refractivity contribution in [1.29, 1.82) is 0 Å². The molecule has 21 heteroatoms. The number of hydrogen-bond donors (Lipinski definition) is 7. The largest absolute Gasteiger partial charge is 0.356 e. The first-order chi connectivity index (χ1) is 31.8. The molecule has 14 bridgehead atoms. The van der Waals surface area contributed by atoms with Crippen LogP contribution in [0.3, 0.4) is 0 Å². The smallest absolute Gasteiger partial charge is 0.180 e. The molecule has 0 saturated heterocycles. The molecule has 7 aromatic rings. The minimum absolute atomic E-state index is 0.743. The molecule has 0 atom stereocenters. The Morgan fingerprint density at radius 3 is 0.271 bits per heavy atom. The third-order valence-electron chi connectivity index (χ3n) is 14.9. The molecule has 8 rings (SSSR count). The second-order valence-corrected chi connectivity index (χ2v) is 21.9. The summed E-state index contributed by atoms with van der Waals surface area (Å²) in [6, 6.07) is 0. The number of halogens is 14. The van der Waals surface area contributed by atoms with Crippen LogP contribution in [-0.4, -0.2) is 34.9 Å². The Bertz CT molecular complexity index is 2520. The number of H-pyrrole nitrogens is 7. The molecule has 70 heavy (non-hydrogen) atoms. The summed E-state index contributed by atoms with van der Waals surface area (Å²) in [7, 11) is 0. The van der Waals surface area contributed by atoms with Crippen molar-refractivity contribution in [2.24, 2.45) is 0 Å². The molecule has 0 saturated carbocycles. The van der Waals surface area contributed by atoms with Crippen LogP contribution in [0.15, 0.2) is 0 Å². The van der Waals surface area contributed by atoms with E-state index in [9.17, 15) is 0 Å². The first-order valence-electron chi connectivity index (χ1n) is 21.9. The van der Waals surface area contributed by atoms with Gasteiger partial charge in [0.25, 0.3) is 0 Å². The Kier molecular flexibility index (Phi) is 10.8. The van der Waals surface area contributed by atoms with Gasteiger partial charge in [0.15, 0.2) is 81.4 Å². The van der Waals surface area contributed by atoms with Crippen LogP contribution in [0, 0.1) is 81.4 Å². The van der Waals surface area contributed by atoms with Crippen LogP contribution in [0.5, 0.6) is 0 Å². The highest BCUT2D eigenvalue weighted by molar-refractivity contribution is 5.48. The van der Waals surface area contributed by atoms with Crippen molar-refractivity contribution in [3.8, 4) is 0 Å². The monoisotopic (exact) mass is 1000 g/mol. The fourth-order valence-electron chi connectivity index (χ4n) is 10.1. The van der Waals surface area contributed by atoms with Gasteiger partial charge in [0.05, 0.1) is 118 Å². The third-order valence-corrected chi connectivity index (χ3v) is 14.9. The molecule has 0 spiro atoms. The fourth-order valence-corrected chi connectivity index (χ4v) is 10.1. The van der Waals surface area contributed by atoms with Gasteiger partial charge in [-0.25, -0.2) is 61.5 Å². The molecule has 7 nitrogen and oxygen atoms in total. The average Bonchev–Trinajstić information content (AvgIpc) is 4.11. The van der Waals surface area contributed by atoms with Gasteiger partial charge in [-0.15, -0.1) is 0 Å². The molecule has 378 valence electrons. The fraction of sp³-hybridized carbons (Fsp3) is 0.429. The highest BCUT2D eigenvalue weighted by Gasteiger charge is 2.49. The van der Waals surface area contributed by atoms with Gasteiger partial charge >= 0.3 is 0 Å². The number of rotatable bonds is 0. The SMILES string of the molecule is CC1(C)c2[nH]c(c(F)c2F)C(C)(C)c2[nH]c(c(F)c2F)C(C)(C)c2[nH]c(c(F)c2F)C(C)(C)c2[nH]c(c(F)c2F)C(C)(C)c2[nH]c(c(F)c2F)C(C)(C)c2[nH]c(c(F)c2F)C(C)(C)c2[nH]c1c(F)c2F. The lowest BCUT2D eigenvalue weighted by molar-refractivity contribution is 0.444. The minimum Gasteiger partial charge on any atom is -0.356 e. The molecule has 1 aliphatic heterocycles. The Morgan fingerprint density at radius 1 is 0.157 bits per heavy atom. The lowest BCUT2D eigenvalue weighted by atomic mass is 9.85. The predicted molar refractivity (Wildman–Crippen MR) is 230 cm³/mol. The van der Waals surface area contributed by atoms with E-state index in [-0.39, 0.29) is 0 Å². The Morgan fingerprint density at radius 2 is 0.214 bits per heavy atom. The van der Waals surface area contributed by atoms with E-state index in [0.717, 1.165) is 96.9 Å². The maximum atomic E-state index is 16.3. The van der Waals surface area contributed by atoms with E-state index in [4.69, 9.17) is 0 Å². The maximum Gasteiger partial charge on any atom is 0.180 e. The average molecular weight is 1000 g/mol. The van der Waals surface area contributed by atoms with Crippen molar-refractivity contribution in [1.82, 2.24) is 34.9 Å². The van der Waals surface area contributed by atoms with Gasteiger partial charge in [-0.3, -0.25) is 0 Å². The Balaban J connectivity index is 1.42. The number of aromatic nitrogens is 7. The van der Waals surface area contributed by atoms with Crippen LogP contribution in [0.2, 0.25) is 0 Å². The number of nitrogens with one attached hydrogen (secondary N) is 7. The van der Waals surface area contributed by atoms with E-state index in [1.807, 2.05) is 0 Å². The zero-order valence-corrected chi connectivity index (χ0v) is 40.3. The quantitative estimate of drug-likeness (QED) is 0.0735. The second-order valence-electron chi connectivity index (χ2n) is 21.9. The Hall–Kier alpha value is -6.02. The molecule has 0 unspecified atom stereocenters. The maximum absolute atomic E-state index is 16.3. The van der Waals surface area contributed by atoms with Gasteiger partial charge in [-0.05, 0) is 96.9 Å². The Labute approximate surface area is 391 Å². The number of aromatic amines is 7. The summed E-state index contributed by atoms with van der Waals surface area (Å²) in [6.07, 6.45) is 0. The summed E-state index contributed by atoms with van der Waals surface area (Å²) in [6.45, 7) is 16.0. The van der Waals surface area contributed by atoms with Crippen LogP contribution in [0.1, 0.15) is 177 Å². The van der Waals surface area contributed by atoms with Crippen LogP contribution < -0.4 is 0 Å². The number of hydrogen-bond acceptors (Lipinski definition) is 0. The van der Waals surface area contributed by atoms with Crippen molar-refractivity contribution in [3.63, 3.8) is 0 Å². The van der Waals surface area contributed by atoms with Crippen LogP contribution in [-0.2, 0) is 37.9 Å². The topological polar surface area (TPSA) is 111 Å². The van der Waals surface area contributed by atoms with Crippen molar-refractivity contribution in [2.75, 3.05) is 0 Å². The van der Waals surface area contributed by atoms with Crippen molar-refractivity contribution >= 4 is 0 Å². The highest BCUT2D eigenvalue weighted by Crippen LogP contribution is 2.49. The van der Waals surface area contributed by atoms with Gasteiger partial charge in [0.2, 0.25) is 0 Å². The highest BCUT2D eigenvalue weighted by atomic mass is 19.2. The number of fused-ring (bicyclic) bond motifs is 14. The molecule has 7 N–H and O–H groups in total. The van der Waals surface area contributed by atoms with Crippen LogP contribution in [0.25, 0.3) is 0 Å². The van der Waals surface area contributed by atoms with Crippen LogP contribution in [0.4, 0.5) is 61.5 Å². The molecular formula is C49H49F14N7. The molecule has 0 amide bonds. The summed E-state index contributed by atoms with van der Waals surface area (Å²) in [5.41, 5.74) is -25.1. The van der Waals surface area contributed by atoms with Gasteiger partial charge in [0, 0.05) is 0 Å². The zero-order valence-electron chi connectivity index (χ0n) is 40.3. The molecule has 0 fully saturated rings. The normalized spacial score (nSPS) is 18.8. The van der Waals surface area contributed by atoms with Crippen molar-refractivity contribution < 1.29 is 61.5 Å². The zero-order chi connectivity index (χ0) is 52.6. The standard InChI is InChI=1S/C49H49F14N7/c1-43(2)29-15(50)17(52)31(64-29)44(3,4)33-19(54)21(56)35(66-33)46(7,8)37-23(58)25(60)39(68-37)48(11,12)41-27(62)28(63)42(70-41)49(13,14)40-26(61)24(59)38(69-40)47(9,10)36-22(57)20(55)34(67-36)45(5,6)32-18(53)16(51)30(43)65-32/h64-70H,1-14H3. The van der Waals surface area contributed by atoms with Gasteiger partial charge in [-0.2, -0.15) is 0 Å². The minimum atomic E-state index is -2.10. The van der Waals surface area contributed by atoms with Crippen molar-refractivity contribution in [3.05, 3.63) is 161 Å². The molecular weight excluding hydrogens is 953 g/mol. The van der Waals surface area contributed by atoms with Crippen molar-refractivity contribution in [2.45, 2.75) is 135 Å². The van der Waals surface area contributed by atoms with Gasteiger partial charge in [-0.1, -0.05) is 0 Å². The molecule has 0 aromatic carbocycles. The first-order valence-corrected chi connectivity index (χ1v) is 21.9. The summed E-state index contributed by atoms with van der Waals surface area (Å²) >= 11 is 0. The molecule has 8 heterocycles. The van der Waals surface area contributed by atoms with E-state index >= 15 is 61.5 Å². The lowest BCUT2D eigenvalue weighted by Crippen LogP contribution is -2.27. The second kappa shape index (κ2) is 15.0. The van der Waals surface area contributed by atoms with Crippen LogP contribution >= 0.6 is 0 Å². The van der Waals surface area contributed by atoms with E-state index in [2.05, 4.69) is 34.9 Å². The third kappa shape index (κ3) is 6.39. The summed E-state index contributed by atoms with van der Waals surface area (Å²) in [5.74, 6) is -23.2. The van der Waals surface area contributed by atoms with Gasteiger partial charge < -0.3 is 34.9 Å². The summed E-state index contributed by atoms with van der Waals surface area (Å²) in [5, 5.41) is 0. The van der Waals surface area contributed by atoms with Gasteiger partial charge in [0.1, 0.15) is 0 Å². The molecule has 1 aliphatic rings. The molecule has 0 radical (unpaired) electrons. The molecule has 7 aromatic heterocycles. The first kappa shape index (κ1) is 50.4. The van der Waals surface area contributed by atoms with E-state index in [1.165, 1.54) is 0 Å². The summed E-state index contributed by atoms with van der Waals surface area (Å²) < 4.78 is 228. The van der Waals surface area contributed by atoms with E-state index in [1.54, 1.807) is 0 Å². The summed E-state index contributed by atoms with van der Waals surface area (Å²) in [4.78, 5) is 17.4. The molecule has 0 aliphatic carbocycles. The van der Waals surface area contributed by atoms with E-state index in [0.29, 0.717) is 0 Å².